The highest BCUT2D eigenvalue weighted by Gasteiger charge is 2.37. The highest BCUT2D eigenvalue weighted by Crippen LogP contribution is 2.26. The van der Waals surface area contributed by atoms with Gasteiger partial charge in [-0.1, -0.05) is 13.3 Å². The molecule has 2 aliphatic heterocycles. The number of hydrogen-bond donors (Lipinski definition) is 3. The fourth-order valence-electron chi connectivity index (χ4n) is 1.69. The Hall–Kier alpha value is -1.49. The Labute approximate surface area is 83.1 Å². The molecule has 1 atom stereocenters. The molecule has 0 saturated heterocycles. The minimum atomic E-state index is -0.542. The lowest BCUT2D eigenvalue weighted by atomic mass is 10.1. The van der Waals surface area contributed by atoms with Crippen LogP contribution in [0.25, 0.3) is 0 Å². The molecule has 5 nitrogen and oxygen atoms in total. The molecule has 0 amide bonds. The Kier molecular flexibility index (Phi) is 1.96. The molecule has 76 valence electrons. The van der Waals surface area contributed by atoms with Crippen molar-refractivity contribution < 1.29 is 0 Å². The molecule has 0 radical (unpaired) electrons. The van der Waals surface area contributed by atoms with Crippen molar-refractivity contribution in [3.63, 3.8) is 0 Å². The van der Waals surface area contributed by atoms with E-state index >= 15 is 0 Å². The van der Waals surface area contributed by atoms with Crippen LogP contribution in [0.5, 0.6) is 0 Å². The van der Waals surface area contributed by atoms with E-state index in [1.807, 2.05) is 11.1 Å². The van der Waals surface area contributed by atoms with Crippen LogP contribution in [-0.2, 0) is 0 Å². The fourth-order valence-corrected chi connectivity index (χ4v) is 1.69. The van der Waals surface area contributed by atoms with Gasteiger partial charge in [-0.15, -0.1) is 0 Å². The zero-order valence-corrected chi connectivity index (χ0v) is 8.20. The Balaban J connectivity index is 2.25. The van der Waals surface area contributed by atoms with E-state index in [9.17, 15) is 0 Å². The Morgan fingerprint density at radius 2 is 2.36 bits per heavy atom. The minimum Gasteiger partial charge on any atom is -0.384 e. The van der Waals surface area contributed by atoms with Crippen LogP contribution in [-0.4, -0.2) is 16.9 Å². The van der Waals surface area contributed by atoms with E-state index in [1.54, 1.807) is 12.3 Å². The van der Waals surface area contributed by atoms with Gasteiger partial charge in [-0.2, -0.15) is 0 Å². The largest absolute Gasteiger partial charge is 0.384 e. The summed E-state index contributed by atoms with van der Waals surface area (Å²) in [7, 11) is 0. The number of rotatable bonds is 2. The van der Waals surface area contributed by atoms with Crippen LogP contribution in [0, 0.1) is 0 Å². The number of hydrazine groups is 1. The molecule has 0 aromatic heterocycles. The molecule has 0 aliphatic carbocycles. The zero-order chi connectivity index (χ0) is 10.2. The van der Waals surface area contributed by atoms with Gasteiger partial charge in [0.25, 0.3) is 0 Å². The van der Waals surface area contributed by atoms with Crippen LogP contribution in [0.15, 0.2) is 28.8 Å². The quantitative estimate of drug-likeness (QED) is 0.576. The van der Waals surface area contributed by atoms with Crippen LogP contribution >= 0.6 is 0 Å². The summed E-state index contributed by atoms with van der Waals surface area (Å²) in [6, 6.07) is 0. The van der Waals surface area contributed by atoms with Crippen molar-refractivity contribution in [3.8, 4) is 0 Å². The molecular weight excluding hydrogens is 178 g/mol. The molecule has 14 heavy (non-hydrogen) atoms. The van der Waals surface area contributed by atoms with Crippen LogP contribution in [0.1, 0.15) is 19.8 Å². The third kappa shape index (κ3) is 1.26. The first-order chi connectivity index (χ1) is 6.65. The van der Waals surface area contributed by atoms with Crippen LogP contribution < -0.4 is 16.9 Å². The number of hydrogen-bond acceptors (Lipinski definition) is 5. The van der Waals surface area contributed by atoms with Crippen LogP contribution in [0.2, 0.25) is 0 Å². The Bertz CT molecular complexity index is 330. The van der Waals surface area contributed by atoms with E-state index in [2.05, 4.69) is 17.3 Å². The predicted molar refractivity (Wildman–Crippen MR) is 55.6 cm³/mol. The maximum absolute atomic E-state index is 6.18. The first-order valence-corrected chi connectivity index (χ1v) is 4.74. The maximum Gasteiger partial charge on any atom is 0.149 e. The first kappa shape index (κ1) is 9.08. The van der Waals surface area contributed by atoms with Gasteiger partial charge in [0.2, 0.25) is 0 Å². The molecule has 1 unspecified atom stereocenters. The second kappa shape index (κ2) is 3.02. The van der Waals surface area contributed by atoms with Crippen molar-refractivity contribution in [3.05, 3.63) is 23.8 Å². The number of aliphatic imine (C=N–C) groups is 1. The lowest BCUT2D eigenvalue weighted by Crippen LogP contribution is -2.59. The summed E-state index contributed by atoms with van der Waals surface area (Å²) in [6.07, 6.45) is 7.24. The van der Waals surface area contributed by atoms with E-state index in [0.717, 1.165) is 18.7 Å². The number of fused-ring (bicyclic) bond motifs is 1. The van der Waals surface area contributed by atoms with E-state index in [0.29, 0.717) is 5.82 Å². The lowest BCUT2D eigenvalue weighted by Gasteiger charge is -2.36. The van der Waals surface area contributed by atoms with Crippen molar-refractivity contribution in [2.75, 3.05) is 0 Å². The SMILES string of the molecule is CCCC1(N)C=NC2=CC=C(N)NN21. The molecular formula is C9H15N5. The Morgan fingerprint density at radius 3 is 3.07 bits per heavy atom. The maximum atomic E-state index is 6.18. The van der Waals surface area contributed by atoms with E-state index in [-0.39, 0.29) is 0 Å². The molecule has 5 N–H and O–H groups in total. The summed E-state index contributed by atoms with van der Waals surface area (Å²) in [5, 5.41) is 1.81. The van der Waals surface area contributed by atoms with Crippen molar-refractivity contribution in [2.24, 2.45) is 16.5 Å². The normalized spacial score (nSPS) is 29.4. The van der Waals surface area contributed by atoms with Gasteiger partial charge in [-0.05, 0) is 18.6 Å². The highest BCUT2D eigenvalue weighted by molar-refractivity contribution is 5.74. The van der Waals surface area contributed by atoms with Gasteiger partial charge < -0.3 is 11.5 Å². The van der Waals surface area contributed by atoms with E-state index < -0.39 is 5.66 Å². The van der Waals surface area contributed by atoms with Crippen molar-refractivity contribution >= 4 is 6.21 Å². The van der Waals surface area contributed by atoms with Crippen molar-refractivity contribution in [1.82, 2.24) is 10.4 Å². The minimum absolute atomic E-state index is 0.542. The number of nitrogens with zero attached hydrogens (tertiary/aromatic N) is 2. The molecule has 0 aromatic rings. The summed E-state index contributed by atoms with van der Waals surface area (Å²) < 4.78 is 0. The molecule has 0 spiro atoms. The van der Waals surface area contributed by atoms with Gasteiger partial charge >= 0.3 is 0 Å². The standard InChI is InChI=1S/C9H15N5/c1-2-5-9(11)6-12-8-4-3-7(10)13-14(8)9/h3-4,6,13H,2,5,10-11H2,1H3. The second-order valence-electron chi connectivity index (χ2n) is 3.59. The van der Waals surface area contributed by atoms with Gasteiger partial charge in [0, 0.05) is 6.21 Å². The topological polar surface area (TPSA) is 79.7 Å². The first-order valence-electron chi connectivity index (χ1n) is 4.74. The summed E-state index contributed by atoms with van der Waals surface area (Å²) in [4.78, 5) is 4.24. The van der Waals surface area contributed by atoms with Crippen molar-refractivity contribution in [2.45, 2.75) is 25.4 Å². The monoisotopic (exact) mass is 193 g/mol. The molecule has 2 heterocycles. The number of nitrogens with two attached hydrogens (primary N) is 2. The third-order valence-electron chi connectivity index (χ3n) is 2.37. The molecule has 0 bridgehead atoms. The number of allylic oxidation sites excluding steroid dienone is 2. The summed E-state index contributed by atoms with van der Waals surface area (Å²) in [5.74, 6) is 1.40. The summed E-state index contributed by atoms with van der Waals surface area (Å²) in [5.41, 5.74) is 14.3. The van der Waals surface area contributed by atoms with Gasteiger partial charge in [0.05, 0.1) is 0 Å². The van der Waals surface area contributed by atoms with Gasteiger partial charge in [0.15, 0.2) is 0 Å². The molecule has 2 rings (SSSR count). The van der Waals surface area contributed by atoms with E-state index in [4.69, 9.17) is 11.5 Å². The summed E-state index contributed by atoms with van der Waals surface area (Å²) in [6.45, 7) is 2.09. The third-order valence-corrected chi connectivity index (χ3v) is 2.37. The predicted octanol–water partition coefficient (Wildman–Crippen LogP) is -0.0124. The lowest BCUT2D eigenvalue weighted by molar-refractivity contribution is 0.153. The molecule has 0 aromatic carbocycles. The average molecular weight is 193 g/mol. The number of nitrogens with one attached hydrogen (secondary N) is 1. The zero-order valence-electron chi connectivity index (χ0n) is 8.20. The van der Waals surface area contributed by atoms with Crippen LogP contribution in [0.4, 0.5) is 0 Å². The average Bonchev–Trinajstić information content (AvgIpc) is 2.45. The molecule has 5 heteroatoms. The molecule has 0 saturated carbocycles. The molecule has 2 aliphatic rings. The van der Waals surface area contributed by atoms with Crippen LogP contribution in [0.3, 0.4) is 0 Å². The van der Waals surface area contributed by atoms with Gasteiger partial charge in [0.1, 0.15) is 17.3 Å². The smallest absolute Gasteiger partial charge is 0.149 e. The summed E-state index contributed by atoms with van der Waals surface area (Å²) >= 11 is 0. The van der Waals surface area contributed by atoms with Crippen molar-refractivity contribution in [1.29, 1.82) is 0 Å². The van der Waals surface area contributed by atoms with Gasteiger partial charge in [-0.25, -0.2) is 10.0 Å². The van der Waals surface area contributed by atoms with E-state index in [1.165, 1.54) is 0 Å². The highest BCUT2D eigenvalue weighted by atomic mass is 15.6. The Morgan fingerprint density at radius 1 is 1.57 bits per heavy atom. The molecule has 0 fully saturated rings. The fraction of sp³-hybridized carbons (Fsp3) is 0.444. The van der Waals surface area contributed by atoms with Gasteiger partial charge in [-0.3, -0.25) is 5.43 Å². The second-order valence-corrected chi connectivity index (χ2v) is 3.59.